The van der Waals surface area contributed by atoms with Crippen LogP contribution in [-0.4, -0.2) is 24.3 Å². The van der Waals surface area contributed by atoms with Gasteiger partial charge in [0.2, 0.25) is 0 Å². The summed E-state index contributed by atoms with van der Waals surface area (Å²) < 4.78 is 31.4. The van der Waals surface area contributed by atoms with Gasteiger partial charge in [0.25, 0.3) is 0 Å². The van der Waals surface area contributed by atoms with Crippen LogP contribution in [-0.2, 0) is 12.8 Å². The maximum Gasteiger partial charge on any atom is 1.00 e. The van der Waals surface area contributed by atoms with Gasteiger partial charge in [-0.05, 0) is 66.4 Å². The fourth-order valence-electron chi connectivity index (χ4n) is 4.42. The van der Waals surface area contributed by atoms with Crippen LogP contribution in [0, 0.1) is 5.82 Å². The second kappa shape index (κ2) is 15.5. The summed E-state index contributed by atoms with van der Waals surface area (Å²) in [5.41, 5.74) is 3.13. The minimum absolute atomic E-state index is 0. The maximum atomic E-state index is 13.3. The van der Waals surface area contributed by atoms with E-state index in [0.29, 0.717) is 55.3 Å². The number of aryl methyl sites for hydroxylation is 1. The molecule has 0 saturated carbocycles. The Bertz CT molecular complexity index is 1460. The number of benzene rings is 4. The summed E-state index contributed by atoms with van der Waals surface area (Å²) >= 11 is 0. The van der Waals surface area contributed by atoms with Gasteiger partial charge < -0.3 is 29.2 Å². The first-order chi connectivity index (χ1) is 19.4. The maximum absolute atomic E-state index is 13.3. The van der Waals surface area contributed by atoms with E-state index in [9.17, 15) is 19.4 Å². The van der Waals surface area contributed by atoms with Crippen LogP contribution in [0.3, 0.4) is 0 Å². The van der Waals surface area contributed by atoms with Gasteiger partial charge in [-0.25, -0.2) is 4.39 Å². The summed E-state index contributed by atoms with van der Waals surface area (Å²) in [5.74, 6) is 0.448. The van der Waals surface area contributed by atoms with Gasteiger partial charge in [0.1, 0.15) is 34.6 Å². The standard InChI is InChI=1S/C33H33FO6.Na/c1-3-9-25-29(12-7-13-30(25)40-31-11-6-5-10-26(31)33(36)37)38-18-8-19-39-32-21-28(35)27(20-22(32)4-2)23-14-16-24(34)17-15-23;/h5-7,10-17,20-21,35H,3-4,8-9,18-19H2,1-2H3,(H,36,37);/q;+1/p-1. The van der Waals surface area contributed by atoms with Crippen molar-refractivity contribution in [1.29, 1.82) is 0 Å². The third kappa shape index (κ3) is 8.26. The van der Waals surface area contributed by atoms with Gasteiger partial charge in [0.05, 0.1) is 19.2 Å². The van der Waals surface area contributed by atoms with Crippen molar-refractivity contribution in [1.82, 2.24) is 0 Å². The first kappa shape index (κ1) is 32.0. The van der Waals surface area contributed by atoms with Crippen molar-refractivity contribution >= 4 is 5.97 Å². The van der Waals surface area contributed by atoms with E-state index < -0.39 is 5.97 Å². The molecule has 0 bridgehead atoms. The van der Waals surface area contributed by atoms with Crippen molar-refractivity contribution in [2.45, 2.75) is 39.5 Å². The molecule has 1 N–H and O–H groups in total. The SMILES string of the molecule is CCCc1c(OCCCOc2cc(O)c(-c3ccc(F)cc3)cc2CC)cccc1Oc1ccccc1C(=O)[O-].[Na+]. The topological polar surface area (TPSA) is 88.1 Å². The minimum Gasteiger partial charge on any atom is -0.545 e. The van der Waals surface area contributed by atoms with E-state index in [0.717, 1.165) is 23.1 Å². The van der Waals surface area contributed by atoms with E-state index in [1.807, 2.05) is 26.0 Å². The van der Waals surface area contributed by atoms with Crippen LogP contribution < -0.4 is 48.9 Å². The van der Waals surface area contributed by atoms with Gasteiger partial charge in [0, 0.05) is 29.2 Å². The summed E-state index contributed by atoms with van der Waals surface area (Å²) in [6, 6.07) is 21.3. The first-order valence-corrected chi connectivity index (χ1v) is 13.4. The number of carbonyl (C=O) groups excluding carboxylic acids is 1. The van der Waals surface area contributed by atoms with E-state index in [4.69, 9.17) is 14.2 Å². The summed E-state index contributed by atoms with van der Waals surface area (Å²) in [6.45, 7) is 4.82. The Morgan fingerprint density at radius 3 is 2.20 bits per heavy atom. The van der Waals surface area contributed by atoms with Crippen molar-refractivity contribution in [2.75, 3.05) is 13.2 Å². The van der Waals surface area contributed by atoms with Crippen LogP contribution in [0.4, 0.5) is 4.39 Å². The van der Waals surface area contributed by atoms with Crippen LogP contribution in [0.5, 0.6) is 28.7 Å². The van der Waals surface area contributed by atoms with E-state index in [-0.39, 0.29) is 52.4 Å². The second-order valence-corrected chi connectivity index (χ2v) is 9.26. The van der Waals surface area contributed by atoms with Crippen molar-refractivity contribution in [2.24, 2.45) is 0 Å². The molecule has 6 nitrogen and oxygen atoms in total. The molecular formula is C33H32FNaO6. The smallest absolute Gasteiger partial charge is 0.545 e. The molecule has 0 spiro atoms. The molecule has 0 atom stereocenters. The number of aromatic carboxylic acids is 1. The Kier molecular flexibility index (Phi) is 12.1. The van der Waals surface area contributed by atoms with Crippen molar-refractivity contribution in [3.8, 4) is 39.9 Å². The van der Waals surface area contributed by atoms with Crippen LogP contribution in [0.15, 0.2) is 78.9 Å². The molecule has 0 saturated heterocycles. The molecule has 4 aromatic carbocycles. The predicted octanol–water partition coefficient (Wildman–Crippen LogP) is 3.72. The van der Waals surface area contributed by atoms with Gasteiger partial charge in [-0.2, -0.15) is 0 Å². The molecule has 8 heteroatoms. The van der Waals surface area contributed by atoms with Gasteiger partial charge in [-0.15, -0.1) is 0 Å². The molecule has 4 rings (SSSR count). The van der Waals surface area contributed by atoms with E-state index >= 15 is 0 Å². The van der Waals surface area contributed by atoms with Gasteiger partial charge in [-0.1, -0.05) is 50.6 Å². The normalized spacial score (nSPS) is 10.5. The minimum atomic E-state index is -1.30. The molecule has 41 heavy (non-hydrogen) atoms. The summed E-state index contributed by atoms with van der Waals surface area (Å²) in [5, 5.41) is 22.1. The number of carboxylic acids is 1. The molecule has 0 heterocycles. The van der Waals surface area contributed by atoms with Crippen LogP contribution in [0.1, 0.15) is 48.2 Å². The number of rotatable bonds is 13. The Morgan fingerprint density at radius 2 is 1.51 bits per heavy atom. The molecular weight excluding hydrogens is 534 g/mol. The van der Waals surface area contributed by atoms with Crippen LogP contribution >= 0.6 is 0 Å². The average Bonchev–Trinajstić information content (AvgIpc) is 2.95. The molecule has 0 unspecified atom stereocenters. The Balaban J connectivity index is 0.00000462. The molecule has 0 fully saturated rings. The Hall–Kier alpha value is -3.52. The van der Waals surface area contributed by atoms with Gasteiger partial charge in [-0.3, -0.25) is 0 Å². The largest absolute Gasteiger partial charge is 1.00 e. The van der Waals surface area contributed by atoms with Crippen molar-refractivity contribution < 1.29 is 63.2 Å². The zero-order chi connectivity index (χ0) is 28.5. The fourth-order valence-corrected chi connectivity index (χ4v) is 4.42. The second-order valence-electron chi connectivity index (χ2n) is 9.26. The molecule has 4 aromatic rings. The van der Waals surface area contributed by atoms with E-state index in [1.165, 1.54) is 18.2 Å². The van der Waals surface area contributed by atoms with Crippen LogP contribution in [0.2, 0.25) is 0 Å². The molecule has 0 radical (unpaired) electrons. The number of para-hydroxylation sites is 1. The fraction of sp³-hybridized carbons (Fsp3) is 0.242. The van der Waals surface area contributed by atoms with E-state index in [2.05, 4.69) is 0 Å². The Labute approximate surface area is 262 Å². The summed E-state index contributed by atoms with van der Waals surface area (Å²) in [4.78, 5) is 11.5. The number of hydrogen-bond donors (Lipinski definition) is 1. The number of ether oxygens (including phenoxy) is 3. The number of phenols is 1. The number of aromatic hydroxyl groups is 1. The average molecular weight is 567 g/mol. The predicted molar refractivity (Wildman–Crippen MR) is 150 cm³/mol. The van der Waals surface area contributed by atoms with Gasteiger partial charge >= 0.3 is 29.6 Å². The van der Waals surface area contributed by atoms with Crippen LogP contribution in [0.25, 0.3) is 11.1 Å². The van der Waals surface area contributed by atoms with E-state index in [1.54, 1.807) is 48.5 Å². The molecule has 208 valence electrons. The molecule has 0 aliphatic carbocycles. The number of carbonyl (C=O) groups is 1. The van der Waals surface area contributed by atoms with Crippen molar-refractivity contribution in [3.05, 3.63) is 101 Å². The first-order valence-electron chi connectivity index (χ1n) is 13.4. The molecule has 0 aliphatic heterocycles. The summed E-state index contributed by atoms with van der Waals surface area (Å²) in [6.07, 6.45) is 2.83. The molecule has 0 amide bonds. The van der Waals surface area contributed by atoms with Crippen molar-refractivity contribution in [3.63, 3.8) is 0 Å². The third-order valence-corrected chi connectivity index (χ3v) is 6.44. The molecule has 0 aliphatic rings. The zero-order valence-electron chi connectivity index (χ0n) is 23.6. The zero-order valence-corrected chi connectivity index (χ0v) is 25.6. The molecule has 0 aromatic heterocycles. The monoisotopic (exact) mass is 566 g/mol. The third-order valence-electron chi connectivity index (χ3n) is 6.44. The Morgan fingerprint density at radius 1 is 0.854 bits per heavy atom. The number of hydrogen-bond acceptors (Lipinski definition) is 6. The number of phenolic OH excluding ortho intramolecular Hbond substituents is 1. The number of halogens is 1. The van der Waals surface area contributed by atoms with Gasteiger partial charge in [0.15, 0.2) is 0 Å². The summed E-state index contributed by atoms with van der Waals surface area (Å²) in [7, 11) is 0. The quantitative estimate of drug-likeness (QED) is 0.196. The number of carboxylic acid groups (broad SMARTS) is 1.